The summed E-state index contributed by atoms with van der Waals surface area (Å²) >= 11 is 6.20. The number of amides is 1. The second-order valence-electron chi connectivity index (χ2n) is 9.02. The van der Waals surface area contributed by atoms with Gasteiger partial charge in [0.15, 0.2) is 0 Å². The normalized spacial score (nSPS) is 10.9. The van der Waals surface area contributed by atoms with E-state index in [0.29, 0.717) is 17.9 Å². The standard InChI is InChI=1S/C31H28ClN3O3/c1-20-17-23(32)8-13-27(20)22-7-15-29-34-31(21-5-4-6-26(18-21)38-3)28(35(29)19-22)14-16-30(36)33-24-9-11-25(37-2)12-10-24/h4-13,15,17-19H,14,16H2,1-3H3,(H,33,36). The minimum Gasteiger partial charge on any atom is -0.497 e. The summed E-state index contributed by atoms with van der Waals surface area (Å²) in [6, 6.07) is 25.1. The average Bonchev–Trinajstić information content (AvgIpc) is 3.30. The predicted octanol–water partition coefficient (Wildman–Crippen LogP) is 7.22. The Balaban J connectivity index is 1.51. The Labute approximate surface area is 226 Å². The molecule has 0 aliphatic carbocycles. The first-order chi connectivity index (χ1) is 18.4. The molecule has 2 aromatic heterocycles. The molecule has 6 nitrogen and oxygen atoms in total. The van der Waals surface area contributed by atoms with Gasteiger partial charge < -0.3 is 19.2 Å². The molecule has 3 aromatic carbocycles. The maximum Gasteiger partial charge on any atom is 0.224 e. The van der Waals surface area contributed by atoms with Crippen LogP contribution >= 0.6 is 11.6 Å². The minimum atomic E-state index is -0.0774. The van der Waals surface area contributed by atoms with Crippen LogP contribution in [-0.4, -0.2) is 29.5 Å². The zero-order valence-electron chi connectivity index (χ0n) is 21.5. The topological polar surface area (TPSA) is 64.9 Å². The Morgan fingerprint density at radius 2 is 1.71 bits per heavy atom. The van der Waals surface area contributed by atoms with Crippen LogP contribution in [-0.2, 0) is 11.2 Å². The summed E-state index contributed by atoms with van der Waals surface area (Å²) in [7, 11) is 3.26. The molecule has 2 heterocycles. The summed E-state index contributed by atoms with van der Waals surface area (Å²) in [6.45, 7) is 2.05. The van der Waals surface area contributed by atoms with Crippen LogP contribution in [0.2, 0.25) is 5.02 Å². The van der Waals surface area contributed by atoms with Gasteiger partial charge in [-0.15, -0.1) is 0 Å². The summed E-state index contributed by atoms with van der Waals surface area (Å²) in [5, 5.41) is 3.68. The molecule has 38 heavy (non-hydrogen) atoms. The lowest BCUT2D eigenvalue weighted by Gasteiger charge is -2.10. The number of benzene rings is 3. The Hall–Kier alpha value is -4.29. The van der Waals surface area contributed by atoms with Gasteiger partial charge in [0.1, 0.15) is 17.1 Å². The monoisotopic (exact) mass is 525 g/mol. The maximum atomic E-state index is 12.9. The highest BCUT2D eigenvalue weighted by Crippen LogP contribution is 2.31. The number of pyridine rings is 1. The highest BCUT2D eigenvalue weighted by Gasteiger charge is 2.17. The fourth-order valence-electron chi connectivity index (χ4n) is 4.57. The number of anilines is 1. The van der Waals surface area contributed by atoms with Gasteiger partial charge in [-0.2, -0.15) is 0 Å². The van der Waals surface area contributed by atoms with E-state index in [1.165, 1.54) is 0 Å². The summed E-state index contributed by atoms with van der Waals surface area (Å²) in [5.41, 5.74) is 7.47. The molecule has 0 aliphatic rings. The van der Waals surface area contributed by atoms with Crippen molar-refractivity contribution in [1.29, 1.82) is 0 Å². The van der Waals surface area contributed by atoms with Crippen LogP contribution < -0.4 is 14.8 Å². The Bertz CT molecular complexity index is 1610. The van der Waals surface area contributed by atoms with Crippen LogP contribution in [0.3, 0.4) is 0 Å². The fraction of sp³-hybridized carbons (Fsp3) is 0.161. The molecular weight excluding hydrogens is 498 g/mol. The molecule has 192 valence electrons. The first-order valence-electron chi connectivity index (χ1n) is 12.3. The molecule has 1 N–H and O–H groups in total. The third-order valence-electron chi connectivity index (χ3n) is 6.52. The van der Waals surface area contributed by atoms with Gasteiger partial charge in [-0.05, 0) is 90.7 Å². The molecular formula is C31H28ClN3O3. The van der Waals surface area contributed by atoms with Crippen LogP contribution in [0.5, 0.6) is 11.5 Å². The molecule has 0 bridgehead atoms. The summed E-state index contributed by atoms with van der Waals surface area (Å²) < 4.78 is 12.7. The van der Waals surface area contributed by atoms with Crippen molar-refractivity contribution in [2.45, 2.75) is 19.8 Å². The number of hydrogen-bond donors (Lipinski definition) is 1. The first-order valence-corrected chi connectivity index (χ1v) is 12.7. The third kappa shape index (κ3) is 5.36. The number of nitrogens with zero attached hydrogens (tertiary/aromatic N) is 2. The van der Waals surface area contributed by atoms with Crippen molar-refractivity contribution in [3.8, 4) is 33.9 Å². The van der Waals surface area contributed by atoms with Crippen LogP contribution in [0, 0.1) is 6.92 Å². The molecule has 1 amide bonds. The van der Waals surface area contributed by atoms with Crippen molar-refractivity contribution in [3.05, 3.63) is 101 Å². The van der Waals surface area contributed by atoms with Crippen LogP contribution in [0.4, 0.5) is 5.69 Å². The molecule has 0 saturated carbocycles. The fourth-order valence-corrected chi connectivity index (χ4v) is 4.80. The van der Waals surface area contributed by atoms with E-state index in [0.717, 1.165) is 56.5 Å². The number of aryl methyl sites for hydroxylation is 2. The molecule has 0 fully saturated rings. The number of nitrogens with one attached hydrogen (secondary N) is 1. The average molecular weight is 526 g/mol. The molecule has 0 saturated heterocycles. The first kappa shape index (κ1) is 25.4. The second-order valence-corrected chi connectivity index (χ2v) is 9.46. The Morgan fingerprint density at radius 3 is 2.45 bits per heavy atom. The van der Waals surface area contributed by atoms with Crippen molar-refractivity contribution >= 4 is 28.8 Å². The lowest BCUT2D eigenvalue weighted by molar-refractivity contribution is -0.116. The minimum absolute atomic E-state index is 0.0774. The van der Waals surface area contributed by atoms with Gasteiger partial charge in [0.25, 0.3) is 0 Å². The SMILES string of the molecule is COc1ccc(NC(=O)CCc2c(-c3cccc(OC)c3)nc3ccc(-c4ccc(Cl)cc4C)cn23)cc1. The Kier molecular flexibility index (Phi) is 7.33. The van der Waals surface area contributed by atoms with E-state index in [4.69, 9.17) is 26.1 Å². The number of aromatic nitrogens is 2. The van der Waals surface area contributed by atoms with Gasteiger partial charge in [0, 0.05) is 28.9 Å². The smallest absolute Gasteiger partial charge is 0.224 e. The molecule has 5 rings (SSSR count). The van der Waals surface area contributed by atoms with Crippen LogP contribution in [0.1, 0.15) is 17.7 Å². The van der Waals surface area contributed by atoms with Crippen molar-refractivity contribution in [2.24, 2.45) is 0 Å². The van der Waals surface area contributed by atoms with Gasteiger partial charge in [0.2, 0.25) is 5.91 Å². The van der Waals surface area contributed by atoms with Gasteiger partial charge in [-0.3, -0.25) is 4.79 Å². The third-order valence-corrected chi connectivity index (χ3v) is 6.76. The molecule has 7 heteroatoms. The van der Waals surface area contributed by atoms with E-state index in [9.17, 15) is 4.79 Å². The number of carbonyl (C=O) groups excluding carboxylic acids is 1. The molecule has 0 spiro atoms. The lowest BCUT2D eigenvalue weighted by Crippen LogP contribution is -2.13. The molecule has 0 aliphatic heterocycles. The van der Waals surface area contributed by atoms with Gasteiger partial charge in [0.05, 0.1) is 25.6 Å². The quantitative estimate of drug-likeness (QED) is 0.232. The van der Waals surface area contributed by atoms with E-state index in [-0.39, 0.29) is 5.91 Å². The van der Waals surface area contributed by atoms with E-state index < -0.39 is 0 Å². The number of carbonyl (C=O) groups is 1. The van der Waals surface area contributed by atoms with Crippen molar-refractivity contribution in [2.75, 3.05) is 19.5 Å². The number of methoxy groups -OCH3 is 2. The highest BCUT2D eigenvalue weighted by molar-refractivity contribution is 6.30. The van der Waals surface area contributed by atoms with Crippen molar-refractivity contribution < 1.29 is 14.3 Å². The predicted molar refractivity (Wildman–Crippen MR) is 152 cm³/mol. The van der Waals surface area contributed by atoms with E-state index >= 15 is 0 Å². The number of halogens is 1. The number of ether oxygens (including phenoxy) is 2. The summed E-state index contributed by atoms with van der Waals surface area (Å²) in [5.74, 6) is 1.41. The molecule has 0 radical (unpaired) electrons. The molecule has 0 unspecified atom stereocenters. The van der Waals surface area contributed by atoms with Crippen molar-refractivity contribution in [1.82, 2.24) is 9.38 Å². The van der Waals surface area contributed by atoms with E-state index in [2.05, 4.69) is 22.0 Å². The zero-order valence-corrected chi connectivity index (χ0v) is 22.3. The number of hydrogen-bond acceptors (Lipinski definition) is 4. The molecule has 5 aromatic rings. The van der Waals surface area contributed by atoms with Gasteiger partial charge >= 0.3 is 0 Å². The summed E-state index contributed by atoms with van der Waals surface area (Å²) in [6.07, 6.45) is 2.87. The van der Waals surface area contributed by atoms with E-state index in [1.54, 1.807) is 14.2 Å². The second kappa shape index (κ2) is 11.0. The van der Waals surface area contributed by atoms with Gasteiger partial charge in [-0.25, -0.2) is 4.98 Å². The number of rotatable bonds is 8. The van der Waals surface area contributed by atoms with E-state index in [1.807, 2.05) is 79.7 Å². The Morgan fingerprint density at radius 1 is 0.921 bits per heavy atom. The number of imidazole rings is 1. The van der Waals surface area contributed by atoms with Crippen LogP contribution in [0.25, 0.3) is 28.0 Å². The highest BCUT2D eigenvalue weighted by atomic mass is 35.5. The maximum absolute atomic E-state index is 12.9. The van der Waals surface area contributed by atoms with Gasteiger partial charge in [-0.1, -0.05) is 29.8 Å². The summed E-state index contributed by atoms with van der Waals surface area (Å²) in [4.78, 5) is 17.9. The van der Waals surface area contributed by atoms with Crippen molar-refractivity contribution in [3.63, 3.8) is 0 Å². The lowest BCUT2D eigenvalue weighted by atomic mass is 10.0. The largest absolute Gasteiger partial charge is 0.497 e. The molecule has 0 atom stereocenters. The number of fused-ring (bicyclic) bond motifs is 1. The zero-order chi connectivity index (χ0) is 26.6. The van der Waals surface area contributed by atoms with Crippen LogP contribution in [0.15, 0.2) is 85.1 Å².